The van der Waals surface area contributed by atoms with Crippen LogP contribution in [0.15, 0.2) is 24.3 Å². The molecule has 2 aromatic rings. The largest absolute Gasteiger partial charge is 0.452 e. The molecule has 28 heavy (non-hydrogen) atoms. The number of carbonyl (C=O) groups excluding carboxylic acids is 3. The van der Waals surface area contributed by atoms with Crippen molar-refractivity contribution in [3.05, 3.63) is 51.4 Å². The van der Waals surface area contributed by atoms with Gasteiger partial charge in [0.2, 0.25) is 5.91 Å². The van der Waals surface area contributed by atoms with Crippen molar-refractivity contribution in [1.29, 1.82) is 0 Å². The molecule has 2 N–H and O–H groups in total. The number of amides is 2. The van der Waals surface area contributed by atoms with Gasteiger partial charge in [-0.15, -0.1) is 11.3 Å². The number of ether oxygens (including phenoxy) is 1. The summed E-state index contributed by atoms with van der Waals surface area (Å²) in [5.41, 5.74) is 3.25. The second-order valence-electron chi connectivity index (χ2n) is 6.63. The Morgan fingerprint density at radius 2 is 1.79 bits per heavy atom. The van der Waals surface area contributed by atoms with E-state index >= 15 is 0 Å². The molecule has 150 valence electrons. The van der Waals surface area contributed by atoms with Gasteiger partial charge in [0.25, 0.3) is 5.91 Å². The van der Waals surface area contributed by atoms with E-state index in [1.54, 1.807) is 6.92 Å². The second-order valence-corrected chi connectivity index (χ2v) is 7.85. The summed E-state index contributed by atoms with van der Waals surface area (Å²) in [6, 6.07) is 7.82. The molecule has 0 aliphatic carbocycles. The van der Waals surface area contributed by atoms with E-state index in [2.05, 4.69) is 17.6 Å². The van der Waals surface area contributed by atoms with Crippen LogP contribution in [0.1, 0.15) is 58.7 Å². The van der Waals surface area contributed by atoms with Crippen molar-refractivity contribution < 1.29 is 19.1 Å². The van der Waals surface area contributed by atoms with E-state index in [-0.39, 0.29) is 24.5 Å². The van der Waals surface area contributed by atoms with Crippen LogP contribution in [0.4, 0.5) is 5.00 Å². The standard InChI is InChI=1S/C21H26N2O4S/c1-6-16-7-9-17(10-8-16)13(3)22-18(25)11-27-21(26)19-12(2)14(4)28-20(19)23-15(5)24/h7-10,13H,6,11H2,1-5H3,(H,22,25)(H,23,24)/t13-/m1/s1. The first kappa shape index (κ1) is 21.6. The van der Waals surface area contributed by atoms with E-state index in [1.165, 1.54) is 23.8 Å². The van der Waals surface area contributed by atoms with Crippen molar-refractivity contribution in [1.82, 2.24) is 5.32 Å². The van der Waals surface area contributed by atoms with E-state index < -0.39 is 5.97 Å². The number of rotatable bonds is 7. The maximum absolute atomic E-state index is 12.5. The Bertz CT molecular complexity index is 871. The predicted octanol–water partition coefficient (Wildman–Crippen LogP) is 3.92. The lowest BCUT2D eigenvalue weighted by Gasteiger charge is -2.15. The Kier molecular flexibility index (Phi) is 7.34. The van der Waals surface area contributed by atoms with Gasteiger partial charge in [-0.05, 0) is 43.9 Å². The number of thiophene rings is 1. The van der Waals surface area contributed by atoms with Crippen LogP contribution in [0.2, 0.25) is 0 Å². The normalized spacial score (nSPS) is 11.6. The fourth-order valence-corrected chi connectivity index (χ4v) is 3.83. The van der Waals surface area contributed by atoms with Crippen molar-refractivity contribution in [3.8, 4) is 0 Å². The fourth-order valence-electron chi connectivity index (χ4n) is 2.73. The summed E-state index contributed by atoms with van der Waals surface area (Å²) in [5.74, 6) is -1.28. The molecule has 0 saturated carbocycles. The van der Waals surface area contributed by atoms with E-state index in [0.717, 1.165) is 22.4 Å². The Balaban J connectivity index is 1.97. The first-order chi connectivity index (χ1) is 13.2. The molecule has 0 unspecified atom stereocenters. The predicted molar refractivity (Wildman–Crippen MR) is 111 cm³/mol. The van der Waals surface area contributed by atoms with Crippen LogP contribution in [0.25, 0.3) is 0 Å². The van der Waals surface area contributed by atoms with Crippen LogP contribution in [-0.4, -0.2) is 24.4 Å². The van der Waals surface area contributed by atoms with Gasteiger partial charge in [0, 0.05) is 11.8 Å². The van der Waals surface area contributed by atoms with Crippen LogP contribution in [0, 0.1) is 13.8 Å². The lowest BCUT2D eigenvalue weighted by atomic mass is 10.1. The van der Waals surface area contributed by atoms with Gasteiger partial charge in [0.1, 0.15) is 5.00 Å². The number of hydrogen-bond acceptors (Lipinski definition) is 5. The van der Waals surface area contributed by atoms with Crippen molar-refractivity contribution in [2.75, 3.05) is 11.9 Å². The van der Waals surface area contributed by atoms with Crippen LogP contribution in [-0.2, 0) is 20.7 Å². The quantitative estimate of drug-likeness (QED) is 0.688. The Labute approximate surface area is 169 Å². The Hall–Kier alpha value is -2.67. The molecule has 0 aliphatic rings. The molecule has 2 amide bonds. The molecule has 1 aromatic carbocycles. The van der Waals surface area contributed by atoms with Gasteiger partial charge in [-0.1, -0.05) is 31.2 Å². The molecule has 6 nitrogen and oxygen atoms in total. The van der Waals surface area contributed by atoms with Crippen LogP contribution in [0.3, 0.4) is 0 Å². The summed E-state index contributed by atoms with van der Waals surface area (Å²) in [6.07, 6.45) is 0.957. The highest BCUT2D eigenvalue weighted by atomic mass is 32.1. The first-order valence-corrected chi connectivity index (χ1v) is 9.97. The molecule has 1 heterocycles. The third kappa shape index (κ3) is 5.42. The highest BCUT2D eigenvalue weighted by molar-refractivity contribution is 7.16. The van der Waals surface area contributed by atoms with Crippen molar-refractivity contribution in [2.24, 2.45) is 0 Å². The zero-order valence-electron chi connectivity index (χ0n) is 16.8. The number of aryl methyl sites for hydroxylation is 2. The Morgan fingerprint density at radius 3 is 2.36 bits per heavy atom. The van der Waals surface area contributed by atoms with E-state index in [1.807, 2.05) is 38.1 Å². The molecular weight excluding hydrogens is 376 g/mol. The summed E-state index contributed by atoms with van der Waals surface area (Å²) in [6.45, 7) is 8.60. The van der Waals surface area contributed by atoms with Gasteiger partial charge in [0.05, 0.1) is 11.6 Å². The smallest absolute Gasteiger partial charge is 0.341 e. The van der Waals surface area contributed by atoms with Gasteiger partial charge in [0.15, 0.2) is 6.61 Å². The lowest BCUT2D eigenvalue weighted by molar-refractivity contribution is -0.124. The molecule has 0 saturated heterocycles. The molecular formula is C21H26N2O4S. The van der Waals surface area contributed by atoms with E-state index in [9.17, 15) is 14.4 Å². The van der Waals surface area contributed by atoms with Gasteiger partial charge >= 0.3 is 5.97 Å². The van der Waals surface area contributed by atoms with Gasteiger partial charge in [-0.25, -0.2) is 4.79 Å². The fraction of sp³-hybridized carbons (Fsp3) is 0.381. The summed E-state index contributed by atoms with van der Waals surface area (Å²) >= 11 is 1.31. The average Bonchev–Trinajstić information content (AvgIpc) is 2.92. The maximum atomic E-state index is 12.5. The topological polar surface area (TPSA) is 84.5 Å². The zero-order chi connectivity index (χ0) is 20.8. The molecule has 0 radical (unpaired) electrons. The second kappa shape index (κ2) is 9.50. The summed E-state index contributed by atoms with van der Waals surface area (Å²) in [4.78, 5) is 36.9. The summed E-state index contributed by atoms with van der Waals surface area (Å²) < 4.78 is 5.18. The molecule has 0 fully saturated rings. The number of carbonyl (C=O) groups is 3. The summed E-state index contributed by atoms with van der Waals surface area (Å²) in [5, 5.41) is 5.91. The molecule has 0 aliphatic heterocycles. The highest BCUT2D eigenvalue weighted by Crippen LogP contribution is 2.32. The zero-order valence-corrected chi connectivity index (χ0v) is 17.7. The number of anilines is 1. The van der Waals surface area contributed by atoms with Crippen molar-refractivity contribution in [2.45, 2.75) is 47.1 Å². The maximum Gasteiger partial charge on any atom is 0.341 e. The van der Waals surface area contributed by atoms with Crippen molar-refractivity contribution >= 4 is 34.1 Å². The number of hydrogen-bond donors (Lipinski definition) is 2. The molecule has 1 aromatic heterocycles. The monoisotopic (exact) mass is 402 g/mol. The van der Waals surface area contributed by atoms with Gasteiger partial charge < -0.3 is 15.4 Å². The van der Waals surface area contributed by atoms with Gasteiger partial charge in [-0.3, -0.25) is 9.59 Å². The third-order valence-electron chi connectivity index (χ3n) is 4.48. The van der Waals surface area contributed by atoms with Crippen LogP contribution in [0.5, 0.6) is 0 Å². The molecule has 0 spiro atoms. The third-order valence-corrected chi connectivity index (χ3v) is 5.60. The molecule has 0 bridgehead atoms. The van der Waals surface area contributed by atoms with Gasteiger partial charge in [-0.2, -0.15) is 0 Å². The van der Waals surface area contributed by atoms with Crippen molar-refractivity contribution in [3.63, 3.8) is 0 Å². The minimum Gasteiger partial charge on any atom is -0.452 e. The van der Waals surface area contributed by atoms with Crippen LogP contribution >= 0.6 is 11.3 Å². The molecule has 2 rings (SSSR count). The SMILES string of the molecule is CCc1ccc([C@@H](C)NC(=O)COC(=O)c2c(NC(C)=O)sc(C)c2C)cc1. The Morgan fingerprint density at radius 1 is 1.14 bits per heavy atom. The molecule has 7 heteroatoms. The lowest BCUT2D eigenvalue weighted by Crippen LogP contribution is -2.31. The number of esters is 1. The number of nitrogens with one attached hydrogen (secondary N) is 2. The minimum absolute atomic E-state index is 0.197. The summed E-state index contributed by atoms with van der Waals surface area (Å²) in [7, 11) is 0. The first-order valence-electron chi connectivity index (χ1n) is 9.15. The highest BCUT2D eigenvalue weighted by Gasteiger charge is 2.22. The van der Waals surface area contributed by atoms with Crippen LogP contribution < -0.4 is 10.6 Å². The molecule has 1 atom stereocenters. The number of benzene rings is 1. The minimum atomic E-state index is -0.624. The van der Waals surface area contributed by atoms with E-state index in [0.29, 0.717) is 10.6 Å². The van der Waals surface area contributed by atoms with E-state index in [4.69, 9.17) is 4.74 Å². The average molecular weight is 403 g/mol.